The molecule has 1 fully saturated rings. The van der Waals surface area contributed by atoms with Gasteiger partial charge in [0.05, 0.1) is 0 Å². The second-order valence-electron chi connectivity index (χ2n) is 6.42. The third-order valence-corrected chi connectivity index (χ3v) is 4.61. The first-order valence-corrected chi connectivity index (χ1v) is 7.69. The number of benzene rings is 1. The predicted octanol–water partition coefficient (Wildman–Crippen LogP) is 3.83. The molecule has 0 aromatic heterocycles. The van der Waals surface area contributed by atoms with Crippen LogP contribution in [0.5, 0.6) is 0 Å². The van der Waals surface area contributed by atoms with Crippen molar-refractivity contribution in [2.24, 2.45) is 23.6 Å². The molecule has 0 bridgehead atoms. The highest BCUT2D eigenvalue weighted by atomic mass is 15.2. The molecule has 1 aliphatic carbocycles. The molecule has 0 saturated heterocycles. The molecule has 2 nitrogen and oxygen atoms in total. The van der Waals surface area contributed by atoms with E-state index >= 15 is 0 Å². The number of hydrazine groups is 1. The number of nitrogens with two attached hydrogens (primary N) is 1. The first-order valence-electron chi connectivity index (χ1n) is 7.69. The predicted molar refractivity (Wildman–Crippen MR) is 81.6 cm³/mol. The maximum Gasteiger partial charge on any atom is 0.0488 e. The Morgan fingerprint density at radius 2 is 1.68 bits per heavy atom. The maximum atomic E-state index is 5.85. The summed E-state index contributed by atoms with van der Waals surface area (Å²) in [5.41, 5.74) is 5.80. The van der Waals surface area contributed by atoms with Gasteiger partial charge in [-0.15, -0.1) is 0 Å². The lowest BCUT2D eigenvalue weighted by Crippen LogP contribution is -2.37. The Kier molecular flexibility index (Phi) is 5.00. The van der Waals surface area contributed by atoms with Gasteiger partial charge >= 0.3 is 0 Å². The van der Waals surface area contributed by atoms with Crippen molar-refractivity contribution in [2.75, 3.05) is 0 Å². The molecule has 1 saturated carbocycles. The molecule has 0 radical (unpaired) electrons. The van der Waals surface area contributed by atoms with Gasteiger partial charge < -0.3 is 0 Å². The van der Waals surface area contributed by atoms with Gasteiger partial charge in [-0.1, -0.05) is 45.0 Å². The third-order valence-electron chi connectivity index (χ3n) is 4.61. The van der Waals surface area contributed by atoms with Crippen LogP contribution in [0.15, 0.2) is 24.3 Å². The van der Waals surface area contributed by atoms with Crippen LogP contribution >= 0.6 is 0 Å². The molecule has 3 unspecified atom stereocenters. The van der Waals surface area contributed by atoms with Crippen LogP contribution in [0.3, 0.4) is 0 Å². The summed E-state index contributed by atoms with van der Waals surface area (Å²) < 4.78 is 0. The lowest BCUT2D eigenvalue weighted by atomic mass is 9.72. The molecule has 3 atom stereocenters. The van der Waals surface area contributed by atoms with E-state index in [9.17, 15) is 0 Å². The van der Waals surface area contributed by atoms with E-state index in [0.717, 1.165) is 18.3 Å². The molecule has 106 valence electrons. The number of hydrogen-bond donors (Lipinski definition) is 2. The Hall–Kier alpha value is -0.860. The normalized spacial score (nSPS) is 29.2. The van der Waals surface area contributed by atoms with Crippen molar-refractivity contribution in [1.82, 2.24) is 5.43 Å². The molecule has 1 aliphatic rings. The average Bonchev–Trinajstić information content (AvgIpc) is 2.39. The molecule has 1 aromatic rings. The summed E-state index contributed by atoms with van der Waals surface area (Å²) in [5.74, 6) is 8.15. The molecule has 1 aromatic carbocycles. The summed E-state index contributed by atoms with van der Waals surface area (Å²) in [4.78, 5) is 0. The monoisotopic (exact) mass is 260 g/mol. The topological polar surface area (TPSA) is 38.0 Å². The van der Waals surface area contributed by atoms with E-state index in [4.69, 9.17) is 5.84 Å². The van der Waals surface area contributed by atoms with Crippen molar-refractivity contribution >= 4 is 0 Å². The number of aryl methyl sites for hydroxylation is 1. The zero-order valence-electron chi connectivity index (χ0n) is 12.5. The summed E-state index contributed by atoms with van der Waals surface area (Å²) in [6.45, 7) is 6.94. The highest BCUT2D eigenvalue weighted by Crippen LogP contribution is 2.39. The van der Waals surface area contributed by atoms with Gasteiger partial charge in [-0.3, -0.25) is 11.3 Å². The minimum atomic E-state index is 0.302. The van der Waals surface area contributed by atoms with Crippen molar-refractivity contribution in [3.05, 3.63) is 35.4 Å². The van der Waals surface area contributed by atoms with Gasteiger partial charge in [0.2, 0.25) is 0 Å². The second kappa shape index (κ2) is 6.53. The average molecular weight is 260 g/mol. The molecule has 0 spiro atoms. The zero-order chi connectivity index (χ0) is 13.8. The fraction of sp³-hybridized carbons (Fsp3) is 0.647. The van der Waals surface area contributed by atoms with Crippen LogP contribution in [0.2, 0.25) is 0 Å². The lowest BCUT2D eigenvalue weighted by Gasteiger charge is -2.36. The van der Waals surface area contributed by atoms with Gasteiger partial charge in [0.1, 0.15) is 0 Å². The molecular formula is C17H28N2. The molecule has 0 amide bonds. The molecule has 2 heteroatoms. The summed E-state index contributed by atoms with van der Waals surface area (Å²) in [5, 5.41) is 0. The van der Waals surface area contributed by atoms with Crippen molar-refractivity contribution in [2.45, 2.75) is 52.5 Å². The third kappa shape index (κ3) is 3.58. The molecular weight excluding hydrogens is 232 g/mol. The van der Waals surface area contributed by atoms with E-state index in [2.05, 4.69) is 50.5 Å². The van der Waals surface area contributed by atoms with E-state index in [1.807, 2.05) is 0 Å². The van der Waals surface area contributed by atoms with Crippen LogP contribution in [0.25, 0.3) is 0 Å². The highest BCUT2D eigenvalue weighted by molar-refractivity contribution is 5.25. The fourth-order valence-corrected chi connectivity index (χ4v) is 3.75. The highest BCUT2D eigenvalue weighted by Gasteiger charge is 2.30. The van der Waals surface area contributed by atoms with Crippen LogP contribution in [-0.2, 0) is 6.42 Å². The van der Waals surface area contributed by atoms with E-state index in [-0.39, 0.29) is 0 Å². The Balaban J connectivity index is 2.13. The summed E-state index contributed by atoms with van der Waals surface area (Å²) in [6.07, 6.45) is 5.03. The lowest BCUT2D eigenvalue weighted by molar-refractivity contribution is 0.177. The van der Waals surface area contributed by atoms with Gasteiger partial charge in [0.25, 0.3) is 0 Å². The first kappa shape index (κ1) is 14.5. The van der Waals surface area contributed by atoms with Crippen molar-refractivity contribution in [3.63, 3.8) is 0 Å². The summed E-state index contributed by atoms with van der Waals surface area (Å²) in [7, 11) is 0. The van der Waals surface area contributed by atoms with Crippen LogP contribution in [0.4, 0.5) is 0 Å². The Morgan fingerprint density at radius 3 is 2.16 bits per heavy atom. The van der Waals surface area contributed by atoms with Crippen LogP contribution in [0, 0.1) is 17.8 Å². The van der Waals surface area contributed by atoms with Gasteiger partial charge in [0.15, 0.2) is 0 Å². The van der Waals surface area contributed by atoms with Crippen molar-refractivity contribution in [1.29, 1.82) is 0 Å². The largest absolute Gasteiger partial charge is 0.271 e. The SMILES string of the molecule is CCc1ccc(C(NN)C2CC(C)CC(C)C2)cc1. The van der Waals surface area contributed by atoms with Gasteiger partial charge in [-0.05, 0) is 54.6 Å². The van der Waals surface area contributed by atoms with Crippen LogP contribution in [-0.4, -0.2) is 0 Å². The molecule has 19 heavy (non-hydrogen) atoms. The Bertz CT molecular complexity index is 375. The van der Waals surface area contributed by atoms with E-state index in [0.29, 0.717) is 12.0 Å². The van der Waals surface area contributed by atoms with Crippen LogP contribution in [0.1, 0.15) is 57.2 Å². The summed E-state index contributed by atoms with van der Waals surface area (Å²) >= 11 is 0. The van der Waals surface area contributed by atoms with E-state index in [1.165, 1.54) is 30.4 Å². The minimum absolute atomic E-state index is 0.302. The molecule has 3 N–H and O–H groups in total. The quantitative estimate of drug-likeness (QED) is 0.638. The Labute approximate surface area is 117 Å². The maximum absolute atomic E-state index is 5.85. The Morgan fingerprint density at radius 1 is 1.11 bits per heavy atom. The van der Waals surface area contributed by atoms with Crippen molar-refractivity contribution in [3.8, 4) is 0 Å². The van der Waals surface area contributed by atoms with E-state index < -0.39 is 0 Å². The first-order chi connectivity index (χ1) is 9.13. The van der Waals surface area contributed by atoms with Crippen LogP contribution < -0.4 is 11.3 Å². The number of hydrogen-bond acceptors (Lipinski definition) is 2. The smallest absolute Gasteiger partial charge is 0.0488 e. The number of rotatable bonds is 4. The second-order valence-corrected chi connectivity index (χ2v) is 6.42. The molecule has 2 rings (SSSR count). The number of nitrogens with one attached hydrogen (secondary N) is 1. The molecule has 0 heterocycles. The van der Waals surface area contributed by atoms with Gasteiger partial charge in [0, 0.05) is 6.04 Å². The molecule has 0 aliphatic heterocycles. The minimum Gasteiger partial charge on any atom is -0.271 e. The van der Waals surface area contributed by atoms with Gasteiger partial charge in [-0.2, -0.15) is 0 Å². The zero-order valence-corrected chi connectivity index (χ0v) is 12.5. The van der Waals surface area contributed by atoms with E-state index in [1.54, 1.807) is 0 Å². The van der Waals surface area contributed by atoms with Gasteiger partial charge in [-0.25, -0.2) is 0 Å². The van der Waals surface area contributed by atoms with Crippen molar-refractivity contribution < 1.29 is 0 Å². The summed E-state index contributed by atoms with van der Waals surface area (Å²) in [6, 6.07) is 9.25. The standard InChI is InChI=1S/C17H28N2/c1-4-14-5-7-15(8-6-14)17(19-18)16-10-12(2)9-13(3)11-16/h5-8,12-13,16-17,19H,4,9-11,18H2,1-3H3. The fourth-order valence-electron chi connectivity index (χ4n) is 3.75.